The van der Waals surface area contributed by atoms with Gasteiger partial charge in [-0.05, 0) is 21.6 Å². The molecule has 8 heteroatoms. The van der Waals surface area contributed by atoms with Gasteiger partial charge < -0.3 is 28.4 Å². The summed E-state index contributed by atoms with van der Waals surface area (Å²) in [5.41, 5.74) is 0. The second-order valence-electron chi connectivity index (χ2n) is 4.89. The van der Waals surface area contributed by atoms with Gasteiger partial charge in [-0.1, -0.05) is 0 Å². The van der Waals surface area contributed by atoms with Crippen molar-refractivity contribution in [1.82, 2.24) is 0 Å². The van der Waals surface area contributed by atoms with E-state index in [2.05, 4.69) is 0 Å². The molecule has 0 aliphatic heterocycles. The Morgan fingerprint density at radius 1 is 0.462 bits per heavy atom. The molecule has 0 aliphatic rings. The van der Waals surface area contributed by atoms with E-state index in [1.54, 1.807) is 42.7 Å². The van der Waals surface area contributed by atoms with E-state index in [1.165, 1.54) is 21.6 Å². The zero-order valence-corrected chi connectivity index (χ0v) is 17.2. The molecule has 0 aliphatic carbocycles. The molecule has 0 spiro atoms. The minimum absolute atomic E-state index is 0.658. The Morgan fingerprint density at radius 2 is 0.731 bits per heavy atom. The quantitative estimate of drug-likeness (QED) is 0.571. The smallest absolute Gasteiger partial charge is 0.140 e. The summed E-state index contributed by atoms with van der Waals surface area (Å²) in [5, 5.41) is 0. The van der Waals surface area contributed by atoms with Crippen LogP contribution in [0.15, 0.2) is 34.1 Å². The average molecular weight is 399 g/mol. The van der Waals surface area contributed by atoms with Crippen LogP contribution in [0.5, 0.6) is 34.5 Å². The molecular weight excluding hydrogens is 376 g/mol. The normalized spacial score (nSPS) is 10.2. The highest BCUT2D eigenvalue weighted by atomic mass is 33.1. The van der Waals surface area contributed by atoms with E-state index in [9.17, 15) is 0 Å². The van der Waals surface area contributed by atoms with Gasteiger partial charge in [0.1, 0.15) is 44.3 Å². The molecule has 0 fully saturated rings. The van der Waals surface area contributed by atoms with Gasteiger partial charge in [0.25, 0.3) is 0 Å². The predicted molar refractivity (Wildman–Crippen MR) is 104 cm³/mol. The van der Waals surface area contributed by atoms with Gasteiger partial charge in [-0.15, -0.1) is 0 Å². The highest BCUT2D eigenvalue weighted by molar-refractivity contribution is 8.76. The largest absolute Gasteiger partial charge is 0.496 e. The summed E-state index contributed by atoms with van der Waals surface area (Å²) in [7, 11) is 12.6. The van der Waals surface area contributed by atoms with Gasteiger partial charge >= 0.3 is 0 Å². The van der Waals surface area contributed by atoms with Crippen molar-refractivity contribution in [3.8, 4) is 34.5 Å². The van der Waals surface area contributed by atoms with Crippen molar-refractivity contribution in [2.75, 3.05) is 42.7 Å². The Bertz CT molecular complexity index is 637. The Morgan fingerprint density at radius 3 is 0.923 bits per heavy atom. The van der Waals surface area contributed by atoms with Crippen LogP contribution in [0.4, 0.5) is 0 Å². The summed E-state index contributed by atoms with van der Waals surface area (Å²) >= 11 is 0. The van der Waals surface area contributed by atoms with E-state index in [0.29, 0.717) is 34.5 Å². The zero-order valence-electron chi connectivity index (χ0n) is 15.6. The maximum Gasteiger partial charge on any atom is 0.140 e. The van der Waals surface area contributed by atoms with Gasteiger partial charge in [-0.3, -0.25) is 0 Å². The van der Waals surface area contributed by atoms with Crippen LogP contribution in [0, 0.1) is 0 Å². The summed E-state index contributed by atoms with van der Waals surface area (Å²) in [6, 6.07) is 7.25. The second kappa shape index (κ2) is 9.59. The van der Waals surface area contributed by atoms with Crippen molar-refractivity contribution < 1.29 is 28.4 Å². The van der Waals surface area contributed by atoms with E-state index < -0.39 is 0 Å². The molecule has 0 saturated carbocycles. The van der Waals surface area contributed by atoms with Crippen molar-refractivity contribution in [1.29, 1.82) is 0 Å². The first-order chi connectivity index (χ1) is 12.6. The lowest BCUT2D eigenvalue weighted by Crippen LogP contribution is -1.95. The van der Waals surface area contributed by atoms with E-state index in [0.717, 1.165) is 9.79 Å². The zero-order chi connectivity index (χ0) is 19.1. The van der Waals surface area contributed by atoms with Crippen molar-refractivity contribution in [3.63, 3.8) is 0 Å². The van der Waals surface area contributed by atoms with Gasteiger partial charge in [0.05, 0.1) is 42.7 Å². The molecule has 0 unspecified atom stereocenters. The minimum atomic E-state index is 0.658. The molecular formula is C18H22O6S2. The molecule has 0 saturated heterocycles. The number of ether oxygens (including phenoxy) is 6. The first-order valence-corrected chi connectivity index (χ1v) is 9.71. The monoisotopic (exact) mass is 398 g/mol. The van der Waals surface area contributed by atoms with Crippen molar-refractivity contribution >= 4 is 21.6 Å². The molecule has 0 atom stereocenters. The molecule has 26 heavy (non-hydrogen) atoms. The molecule has 0 radical (unpaired) electrons. The van der Waals surface area contributed by atoms with Gasteiger partial charge in [0.15, 0.2) is 0 Å². The summed E-state index contributed by atoms with van der Waals surface area (Å²) in [6.45, 7) is 0. The molecule has 142 valence electrons. The van der Waals surface area contributed by atoms with Gasteiger partial charge in [0.2, 0.25) is 0 Å². The van der Waals surface area contributed by atoms with Crippen LogP contribution in [-0.4, -0.2) is 42.7 Å². The lowest BCUT2D eigenvalue weighted by Gasteiger charge is -2.16. The molecule has 0 N–H and O–H groups in total. The van der Waals surface area contributed by atoms with E-state index in [-0.39, 0.29) is 0 Å². The lowest BCUT2D eigenvalue weighted by molar-refractivity contribution is 0.361. The molecule has 2 rings (SSSR count). The summed E-state index contributed by atoms with van der Waals surface area (Å²) in [6.07, 6.45) is 0. The number of hydrogen-bond donors (Lipinski definition) is 0. The third-order valence-electron chi connectivity index (χ3n) is 3.55. The molecule has 6 nitrogen and oxygen atoms in total. The van der Waals surface area contributed by atoms with E-state index >= 15 is 0 Å². The lowest BCUT2D eigenvalue weighted by atomic mass is 10.3. The van der Waals surface area contributed by atoms with Gasteiger partial charge in [0, 0.05) is 24.3 Å². The second-order valence-corrected chi connectivity index (χ2v) is 7.04. The van der Waals surface area contributed by atoms with Gasteiger partial charge in [-0.2, -0.15) is 0 Å². The minimum Gasteiger partial charge on any atom is -0.496 e. The van der Waals surface area contributed by atoms with Crippen LogP contribution in [0.2, 0.25) is 0 Å². The van der Waals surface area contributed by atoms with Gasteiger partial charge in [-0.25, -0.2) is 0 Å². The number of rotatable bonds is 9. The topological polar surface area (TPSA) is 55.4 Å². The molecule has 0 heterocycles. The fraction of sp³-hybridized carbons (Fsp3) is 0.333. The highest BCUT2D eigenvalue weighted by Gasteiger charge is 2.19. The third kappa shape index (κ3) is 4.37. The summed E-state index contributed by atoms with van der Waals surface area (Å²) in [4.78, 5) is 1.67. The number of benzene rings is 2. The average Bonchev–Trinajstić information content (AvgIpc) is 2.70. The van der Waals surface area contributed by atoms with Crippen LogP contribution < -0.4 is 28.4 Å². The standard InChI is InChI=1S/C18H22O6S2/c1-19-11-7-13(21-3)17(14(8-11)22-4)25-26-18-15(23-5)9-12(20-2)10-16(18)24-6/h7-10H,1-6H3. The van der Waals surface area contributed by atoms with Crippen molar-refractivity contribution in [2.24, 2.45) is 0 Å². The van der Waals surface area contributed by atoms with Crippen LogP contribution in [0.1, 0.15) is 0 Å². The van der Waals surface area contributed by atoms with E-state index in [4.69, 9.17) is 28.4 Å². The molecule has 2 aromatic carbocycles. The molecule has 0 aromatic heterocycles. The Hall–Kier alpha value is -2.06. The number of hydrogen-bond acceptors (Lipinski definition) is 8. The van der Waals surface area contributed by atoms with Crippen LogP contribution in [0.25, 0.3) is 0 Å². The molecule has 0 amide bonds. The fourth-order valence-electron chi connectivity index (χ4n) is 2.19. The summed E-state index contributed by atoms with van der Waals surface area (Å²) < 4.78 is 32.5. The SMILES string of the molecule is COc1cc(OC)c(SSc2c(OC)cc(OC)cc2OC)c(OC)c1. The maximum atomic E-state index is 5.49. The Balaban J connectivity index is 2.40. The third-order valence-corrected chi connectivity index (χ3v) is 6.02. The maximum absolute atomic E-state index is 5.49. The predicted octanol–water partition coefficient (Wildman–Crippen LogP) is 4.54. The summed E-state index contributed by atoms with van der Waals surface area (Å²) in [5.74, 6) is 3.95. The highest BCUT2D eigenvalue weighted by Crippen LogP contribution is 2.53. The first kappa shape index (κ1) is 20.3. The Kier molecular flexibility index (Phi) is 7.47. The van der Waals surface area contributed by atoms with Crippen molar-refractivity contribution in [2.45, 2.75) is 9.79 Å². The molecule has 2 aromatic rings. The first-order valence-electron chi connectivity index (χ1n) is 7.56. The van der Waals surface area contributed by atoms with Crippen molar-refractivity contribution in [3.05, 3.63) is 24.3 Å². The van der Waals surface area contributed by atoms with Crippen LogP contribution in [0.3, 0.4) is 0 Å². The Labute approximate surface area is 161 Å². The fourth-order valence-corrected chi connectivity index (χ4v) is 4.74. The van der Waals surface area contributed by atoms with Crippen LogP contribution >= 0.6 is 21.6 Å². The van der Waals surface area contributed by atoms with E-state index in [1.807, 2.05) is 24.3 Å². The number of methoxy groups -OCH3 is 6. The molecule has 0 bridgehead atoms. The van der Waals surface area contributed by atoms with Crippen LogP contribution in [-0.2, 0) is 0 Å².